The minimum atomic E-state index is -0.508. The molecule has 5 N–H and O–H groups in total. The van der Waals surface area contributed by atoms with Gasteiger partial charge in [-0.15, -0.1) is 0 Å². The summed E-state index contributed by atoms with van der Waals surface area (Å²) in [5, 5.41) is 8.27. The number of benzene rings is 2. The predicted octanol–water partition coefficient (Wildman–Crippen LogP) is 3.39. The van der Waals surface area contributed by atoms with E-state index in [0.29, 0.717) is 41.7 Å². The molecule has 36 heavy (non-hydrogen) atoms. The molecule has 9 heteroatoms. The molecule has 9 nitrogen and oxygen atoms in total. The van der Waals surface area contributed by atoms with Gasteiger partial charge in [0.2, 0.25) is 5.91 Å². The minimum absolute atomic E-state index is 0.124. The summed E-state index contributed by atoms with van der Waals surface area (Å²) in [7, 11) is 0. The number of ether oxygens (including phenoxy) is 1. The van der Waals surface area contributed by atoms with Gasteiger partial charge in [-0.1, -0.05) is 18.2 Å². The van der Waals surface area contributed by atoms with Gasteiger partial charge in [0.05, 0.1) is 6.04 Å². The zero-order valence-corrected chi connectivity index (χ0v) is 20.2. The molecule has 1 aromatic heterocycles. The minimum Gasteiger partial charge on any atom is -0.457 e. The van der Waals surface area contributed by atoms with E-state index in [2.05, 4.69) is 5.32 Å². The summed E-state index contributed by atoms with van der Waals surface area (Å²) in [4.78, 5) is 26.7. The molecule has 1 fully saturated rings. The maximum atomic E-state index is 12.5. The predicted molar refractivity (Wildman–Crippen MR) is 138 cm³/mol. The Labute approximate surface area is 210 Å². The molecule has 0 unspecified atom stereocenters. The van der Waals surface area contributed by atoms with Crippen LogP contribution < -0.4 is 21.5 Å². The lowest BCUT2D eigenvalue weighted by atomic mass is 9.86. The molecule has 1 atom stereocenters. The normalized spacial score (nSPS) is 17.8. The third-order valence-corrected chi connectivity index (χ3v) is 7.10. The molecule has 0 saturated carbocycles. The summed E-state index contributed by atoms with van der Waals surface area (Å²) >= 11 is 0. The van der Waals surface area contributed by atoms with Gasteiger partial charge in [-0.25, -0.2) is 4.68 Å². The number of hydrogen-bond donors (Lipinski definition) is 3. The van der Waals surface area contributed by atoms with Crippen LogP contribution in [0, 0.1) is 5.92 Å². The second-order valence-corrected chi connectivity index (χ2v) is 9.36. The third kappa shape index (κ3) is 4.79. The van der Waals surface area contributed by atoms with Gasteiger partial charge in [-0.2, -0.15) is 5.10 Å². The number of anilines is 1. The van der Waals surface area contributed by atoms with Crippen LogP contribution in [0.5, 0.6) is 11.5 Å². The van der Waals surface area contributed by atoms with Gasteiger partial charge in [0, 0.05) is 38.2 Å². The molecule has 2 aliphatic heterocycles. The van der Waals surface area contributed by atoms with E-state index in [4.69, 9.17) is 21.3 Å². The Bertz CT molecular complexity index is 1220. The molecule has 188 valence electrons. The van der Waals surface area contributed by atoms with Crippen LogP contribution in [0.4, 0.5) is 5.82 Å². The summed E-state index contributed by atoms with van der Waals surface area (Å²) < 4.78 is 7.85. The molecular weight excluding hydrogens is 456 g/mol. The van der Waals surface area contributed by atoms with E-state index in [1.54, 1.807) is 0 Å². The quantitative estimate of drug-likeness (QED) is 0.468. The number of fused-ring (bicyclic) bond motifs is 1. The maximum Gasteiger partial charge on any atom is 0.254 e. The fraction of sp³-hybridized carbons (Fsp3) is 0.370. The zero-order chi connectivity index (χ0) is 25.1. The van der Waals surface area contributed by atoms with Crippen LogP contribution in [0.2, 0.25) is 0 Å². The Kier molecular flexibility index (Phi) is 6.90. The van der Waals surface area contributed by atoms with E-state index in [1.165, 1.54) is 0 Å². The Hall–Kier alpha value is -3.85. The molecule has 5 rings (SSSR count). The van der Waals surface area contributed by atoms with Crippen molar-refractivity contribution in [3.63, 3.8) is 0 Å². The fourth-order valence-electron chi connectivity index (χ4n) is 5.30. The number of aromatic nitrogens is 2. The molecule has 0 radical (unpaired) electrons. The van der Waals surface area contributed by atoms with Crippen molar-refractivity contribution in [2.75, 3.05) is 31.5 Å². The van der Waals surface area contributed by atoms with Crippen molar-refractivity contribution < 1.29 is 14.3 Å². The molecule has 2 amide bonds. The van der Waals surface area contributed by atoms with Crippen molar-refractivity contribution in [1.82, 2.24) is 14.7 Å². The van der Waals surface area contributed by atoms with Gasteiger partial charge < -0.3 is 26.4 Å². The second kappa shape index (κ2) is 10.4. The molecule has 0 aliphatic carbocycles. The number of hydrogen-bond acceptors (Lipinski definition) is 6. The zero-order valence-electron chi connectivity index (χ0n) is 20.2. The Morgan fingerprint density at radius 3 is 2.36 bits per heavy atom. The Balaban J connectivity index is 1.38. The monoisotopic (exact) mass is 488 g/mol. The van der Waals surface area contributed by atoms with Crippen molar-refractivity contribution in [3.8, 4) is 22.8 Å². The number of para-hydroxylation sites is 1. The number of carbonyl (C=O) groups is 2. The lowest BCUT2D eigenvalue weighted by molar-refractivity contribution is -0.132. The second-order valence-electron chi connectivity index (χ2n) is 9.36. The molecular formula is C27H32N6O3. The van der Waals surface area contributed by atoms with Gasteiger partial charge in [0.1, 0.15) is 28.6 Å². The van der Waals surface area contributed by atoms with Crippen molar-refractivity contribution in [3.05, 3.63) is 60.2 Å². The number of amides is 2. The average Bonchev–Trinajstić information content (AvgIpc) is 3.30. The first kappa shape index (κ1) is 23.9. The number of nitrogens with one attached hydrogen (secondary N) is 1. The van der Waals surface area contributed by atoms with E-state index >= 15 is 0 Å². The number of nitrogens with two attached hydrogens (primary N) is 2. The summed E-state index contributed by atoms with van der Waals surface area (Å²) in [6.45, 7) is 2.57. The van der Waals surface area contributed by atoms with Gasteiger partial charge in [0.15, 0.2) is 0 Å². The topological polar surface area (TPSA) is 129 Å². The molecule has 0 bridgehead atoms. The Morgan fingerprint density at radius 1 is 1.00 bits per heavy atom. The SMILES string of the molecule is NCCC(=O)N1CCC([C@@H]2CCNc3c(C(N)=O)c(-c4ccc(Oc5ccccc5)cc4)nn32)CC1. The summed E-state index contributed by atoms with van der Waals surface area (Å²) in [6.07, 6.45) is 3.08. The fourth-order valence-corrected chi connectivity index (χ4v) is 5.30. The van der Waals surface area contributed by atoms with Crippen LogP contribution in [0.25, 0.3) is 11.3 Å². The van der Waals surface area contributed by atoms with Crippen LogP contribution >= 0.6 is 0 Å². The number of nitrogens with zero attached hydrogens (tertiary/aromatic N) is 3. The number of carbonyl (C=O) groups excluding carboxylic acids is 2. The van der Waals surface area contributed by atoms with Crippen molar-refractivity contribution in [2.24, 2.45) is 17.4 Å². The Morgan fingerprint density at radius 2 is 1.69 bits per heavy atom. The smallest absolute Gasteiger partial charge is 0.254 e. The maximum absolute atomic E-state index is 12.5. The van der Waals surface area contributed by atoms with Gasteiger partial charge >= 0.3 is 0 Å². The van der Waals surface area contributed by atoms with E-state index < -0.39 is 5.91 Å². The molecule has 3 heterocycles. The van der Waals surface area contributed by atoms with Gasteiger partial charge in [-0.05, 0) is 61.6 Å². The summed E-state index contributed by atoms with van der Waals surface area (Å²) in [5.41, 5.74) is 13.2. The van der Waals surface area contributed by atoms with E-state index in [0.717, 1.165) is 50.2 Å². The molecule has 3 aromatic rings. The first-order valence-electron chi connectivity index (χ1n) is 12.5. The van der Waals surface area contributed by atoms with E-state index in [1.807, 2.05) is 64.2 Å². The van der Waals surface area contributed by atoms with E-state index in [9.17, 15) is 9.59 Å². The van der Waals surface area contributed by atoms with Crippen LogP contribution in [-0.2, 0) is 4.79 Å². The standard InChI is InChI=1S/C27H32N6O3/c28-14-10-23(34)32-16-12-18(13-17-32)22-11-15-30-27-24(26(29)35)25(31-33(22)27)19-6-8-21(9-7-19)36-20-4-2-1-3-5-20/h1-9,18,22,30H,10-17,28H2,(H2,29,35)/t22-/m0/s1. The van der Waals surface area contributed by atoms with Crippen molar-refractivity contribution in [2.45, 2.75) is 31.7 Å². The van der Waals surface area contributed by atoms with Crippen LogP contribution in [0.15, 0.2) is 54.6 Å². The lowest BCUT2D eigenvalue weighted by Crippen LogP contribution is -2.42. The molecule has 1 saturated heterocycles. The highest BCUT2D eigenvalue weighted by Gasteiger charge is 2.35. The summed E-state index contributed by atoms with van der Waals surface area (Å²) in [6, 6.07) is 17.2. The molecule has 0 spiro atoms. The van der Waals surface area contributed by atoms with Crippen LogP contribution in [-0.4, -0.2) is 52.7 Å². The van der Waals surface area contributed by atoms with Crippen molar-refractivity contribution in [1.29, 1.82) is 0 Å². The first-order chi connectivity index (χ1) is 17.5. The number of primary amides is 1. The number of piperidine rings is 1. The largest absolute Gasteiger partial charge is 0.457 e. The van der Waals surface area contributed by atoms with E-state index in [-0.39, 0.29) is 11.9 Å². The lowest BCUT2D eigenvalue weighted by Gasteiger charge is -2.38. The van der Waals surface area contributed by atoms with Gasteiger partial charge in [-0.3, -0.25) is 9.59 Å². The number of likely N-dealkylation sites (tertiary alicyclic amines) is 1. The number of rotatable bonds is 7. The molecule has 2 aromatic carbocycles. The third-order valence-electron chi connectivity index (χ3n) is 7.10. The highest BCUT2D eigenvalue weighted by Crippen LogP contribution is 2.40. The average molecular weight is 489 g/mol. The van der Waals surface area contributed by atoms with Crippen molar-refractivity contribution >= 4 is 17.6 Å². The highest BCUT2D eigenvalue weighted by atomic mass is 16.5. The highest BCUT2D eigenvalue weighted by molar-refractivity contribution is 6.03. The molecule has 2 aliphatic rings. The van der Waals surface area contributed by atoms with Crippen LogP contribution in [0.1, 0.15) is 42.1 Å². The van der Waals surface area contributed by atoms with Crippen LogP contribution in [0.3, 0.4) is 0 Å². The van der Waals surface area contributed by atoms with Gasteiger partial charge in [0.25, 0.3) is 5.91 Å². The summed E-state index contributed by atoms with van der Waals surface area (Å²) in [5.74, 6) is 2.11. The first-order valence-corrected chi connectivity index (χ1v) is 12.5.